The summed E-state index contributed by atoms with van der Waals surface area (Å²) in [5.74, 6) is 0.750. The van der Waals surface area contributed by atoms with E-state index in [1.807, 2.05) is 14.1 Å². The van der Waals surface area contributed by atoms with Crippen molar-refractivity contribution in [3.05, 3.63) is 102 Å². The monoisotopic (exact) mass is 819 g/mol. The number of carbonyl (C=O) groups is 1. The Bertz CT molecular complexity index is 2090. The summed E-state index contributed by atoms with van der Waals surface area (Å²) < 4.78 is 50.8. The zero-order valence-electron chi connectivity index (χ0n) is 34.3. The van der Waals surface area contributed by atoms with E-state index >= 15 is 0 Å². The number of halogens is 1. The molecule has 0 saturated carbocycles. The molecule has 1 aliphatic heterocycles. The lowest BCUT2D eigenvalue weighted by Gasteiger charge is -2.29. The zero-order chi connectivity index (χ0) is 41.5. The molecule has 58 heavy (non-hydrogen) atoms. The second-order valence-electron chi connectivity index (χ2n) is 15.0. The van der Waals surface area contributed by atoms with Crippen molar-refractivity contribution >= 4 is 33.3 Å². The lowest BCUT2D eigenvalue weighted by Crippen LogP contribution is -2.44. The molecule has 0 fully saturated rings. The van der Waals surface area contributed by atoms with Crippen LogP contribution >= 0.6 is 11.3 Å². The molecule has 1 N–H and O–H groups in total. The fourth-order valence-electron chi connectivity index (χ4n) is 5.65. The van der Waals surface area contributed by atoms with Crippen molar-refractivity contribution in [2.24, 2.45) is 0 Å². The first-order chi connectivity index (χ1) is 27.8. The maximum absolute atomic E-state index is 13.2. The van der Waals surface area contributed by atoms with Crippen LogP contribution in [0.4, 0.5) is 14.9 Å². The van der Waals surface area contributed by atoms with Gasteiger partial charge in [0.25, 0.3) is 0 Å². The van der Waals surface area contributed by atoms with Crippen LogP contribution in [0.15, 0.2) is 84.9 Å². The lowest BCUT2D eigenvalue weighted by molar-refractivity contribution is -0.00780. The van der Waals surface area contributed by atoms with Gasteiger partial charge in [-0.3, -0.25) is 0 Å². The highest BCUT2D eigenvalue weighted by Gasteiger charge is 2.24. The number of likely N-dealkylation sites (N-methyl/N-ethyl adjacent to an activating group) is 1. The molecular formula is C44H56FN4O8S+. The number of hydrogen-bond acceptors (Lipinski definition) is 11. The van der Waals surface area contributed by atoms with Gasteiger partial charge in [-0.05, 0) is 74.9 Å². The highest BCUT2D eigenvalue weighted by atomic mass is 32.1. The van der Waals surface area contributed by atoms with Crippen molar-refractivity contribution in [1.82, 2.24) is 14.5 Å². The molecule has 1 atom stereocenters. The fraction of sp³-hybridized carbons (Fsp3) is 0.432. The maximum atomic E-state index is 13.2. The van der Waals surface area contributed by atoms with E-state index in [1.54, 1.807) is 68.5 Å². The number of aromatic nitrogens is 1. The van der Waals surface area contributed by atoms with E-state index in [0.29, 0.717) is 44.5 Å². The van der Waals surface area contributed by atoms with E-state index < -0.39 is 17.8 Å². The second-order valence-corrected chi connectivity index (χ2v) is 16.0. The molecule has 1 heterocycles. The highest BCUT2D eigenvalue weighted by molar-refractivity contribution is 7.21. The minimum Gasteiger partial charge on any atom is -0.491 e. The Kier molecular flexibility index (Phi) is 16.6. The third kappa shape index (κ3) is 14.5. The number of carbonyl (C=O) groups excluding carboxylic acids is 1. The second kappa shape index (κ2) is 21.8. The smallest absolute Gasteiger partial charge is 0.410 e. The number of aliphatic hydroxyl groups excluding tert-OH is 1. The van der Waals surface area contributed by atoms with Gasteiger partial charge >= 0.3 is 6.09 Å². The number of fused-ring (bicyclic) bond motifs is 2. The fourth-order valence-corrected chi connectivity index (χ4v) is 6.68. The Morgan fingerprint density at radius 1 is 0.845 bits per heavy atom. The highest BCUT2D eigenvalue weighted by Crippen LogP contribution is 2.31. The normalized spacial score (nSPS) is 12.1. The number of nitrogens with zero attached hydrogens (tertiary/aromatic N) is 4. The summed E-state index contributed by atoms with van der Waals surface area (Å²) in [6.07, 6.45) is -1.56. The number of amides is 1. The third-order valence-corrected chi connectivity index (χ3v) is 9.87. The van der Waals surface area contributed by atoms with Gasteiger partial charge in [0, 0.05) is 44.0 Å². The number of benzene rings is 4. The van der Waals surface area contributed by atoms with Gasteiger partial charge in [-0.2, -0.15) is 0 Å². The molecule has 1 aliphatic carbocycles. The molecule has 3 aromatic rings. The van der Waals surface area contributed by atoms with Gasteiger partial charge in [-0.25, -0.2) is 18.7 Å². The van der Waals surface area contributed by atoms with Gasteiger partial charge in [-0.1, -0.05) is 18.2 Å². The van der Waals surface area contributed by atoms with E-state index in [4.69, 9.17) is 33.4 Å². The van der Waals surface area contributed by atoms with Gasteiger partial charge in [0.1, 0.15) is 56.3 Å². The molecule has 3 aromatic carbocycles. The van der Waals surface area contributed by atoms with Gasteiger partial charge in [0.15, 0.2) is 0 Å². The van der Waals surface area contributed by atoms with Crippen LogP contribution in [-0.2, 0) is 25.6 Å². The van der Waals surface area contributed by atoms with Crippen molar-refractivity contribution in [1.29, 1.82) is 0 Å². The summed E-state index contributed by atoms with van der Waals surface area (Å²) in [7, 11) is 6.13. The Morgan fingerprint density at radius 3 is 2.21 bits per heavy atom. The molecule has 0 unspecified atom stereocenters. The molecule has 0 saturated heterocycles. The standard InChI is InChI=1S/C44H56FN4O8S/c1-44(2,3)57-43(51)49(29-36(50)31-56-38-9-7-8-37(28-38)55-30-32-10-12-33(45)13-11-32)19-21-53-23-25-54-24-22-52-20-18-48(6)35-15-17-40-42(27-35)58-41-26-34(47(4)5)14-16-39(41)46-40/h7-17,26-28,36,50H,18-25,29-31H2,1-6H3/q+1/t36-/m1/s1. The molecule has 12 nitrogen and oxygen atoms in total. The SMILES string of the molecule is CN(CCOCCOCCOCCN(C[C@@H](O)COc1cccc(OCc2ccc(F)cc2)c1)C(=O)OC(C)(C)C)c1ccc2nc3ccc(=[N+](C)C)cc-3sc2c1. The van der Waals surface area contributed by atoms with Crippen LogP contribution in [0.2, 0.25) is 0 Å². The molecule has 0 bridgehead atoms. The Labute approximate surface area is 344 Å². The van der Waals surface area contributed by atoms with Crippen LogP contribution in [0.5, 0.6) is 11.5 Å². The van der Waals surface area contributed by atoms with Crippen LogP contribution in [0.1, 0.15) is 26.3 Å². The van der Waals surface area contributed by atoms with E-state index in [9.17, 15) is 14.3 Å². The number of aliphatic hydroxyl groups is 1. The van der Waals surface area contributed by atoms with Crippen LogP contribution in [-0.4, -0.2) is 120 Å². The van der Waals surface area contributed by atoms with Crippen molar-refractivity contribution in [2.45, 2.75) is 39.1 Å². The molecule has 0 aromatic heterocycles. The number of hydrogen-bond donors (Lipinski definition) is 1. The van der Waals surface area contributed by atoms with Crippen LogP contribution in [0.25, 0.3) is 20.8 Å². The summed E-state index contributed by atoms with van der Waals surface area (Å²) in [5.41, 5.74) is 3.20. The predicted octanol–water partition coefficient (Wildman–Crippen LogP) is 6.31. The molecule has 14 heteroatoms. The summed E-state index contributed by atoms with van der Waals surface area (Å²) >= 11 is 1.75. The molecular weight excluding hydrogens is 764 g/mol. The first kappa shape index (κ1) is 44.2. The summed E-state index contributed by atoms with van der Waals surface area (Å²) in [4.78, 5) is 22.6. The number of ether oxygens (including phenoxy) is 6. The molecule has 1 amide bonds. The molecule has 0 radical (unpaired) electrons. The van der Waals surface area contributed by atoms with Gasteiger partial charge in [0.2, 0.25) is 5.36 Å². The van der Waals surface area contributed by atoms with Crippen molar-refractivity contribution in [2.75, 3.05) is 91.9 Å². The largest absolute Gasteiger partial charge is 0.491 e. The lowest BCUT2D eigenvalue weighted by atomic mass is 10.2. The van der Waals surface area contributed by atoms with Gasteiger partial charge in [0.05, 0.1) is 67.0 Å². The topological polar surface area (TPSA) is 115 Å². The predicted molar refractivity (Wildman–Crippen MR) is 226 cm³/mol. The average molecular weight is 820 g/mol. The van der Waals surface area contributed by atoms with E-state index in [-0.39, 0.29) is 38.7 Å². The number of rotatable bonds is 21. The van der Waals surface area contributed by atoms with Crippen LogP contribution < -0.4 is 24.3 Å². The molecule has 2 aliphatic rings. The van der Waals surface area contributed by atoms with Crippen molar-refractivity contribution < 1.29 is 42.7 Å². The molecule has 5 rings (SSSR count). The Balaban J connectivity index is 0.963. The van der Waals surface area contributed by atoms with Gasteiger partial charge in [-0.15, -0.1) is 11.3 Å². The van der Waals surface area contributed by atoms with E-state index in [2.05, 4.69) is 52.9 Å². The minimum atomic E-state index is -0.998. The van der Waals surface area contributed by atoms with E-state index in [1.165, 1.54) is 17.0 Å². The van der Waals surface area contributed by atoms with Crippen LogP contribution in [0.3, 0.4) is 0 Å². The minimum absolute atomic E-state index is 0.0182. The maximum Gasteiger partial charge on any atom is 0.410 e. The zero-order valence-corrected chi connectivity index (χ0v) is 35.1. The average Bonchev–Trinajstić information content (AvgIpc) is 3.19. The summed E-state index contributed by atoms with van der Waals surface area (Å²) in [6.45, 7) is 8.84. The summed E-state index contributed by atoms with van der Waals surface area (Å²) in [5, 5.41) is 11.9. The van der Waals surface area contributed by atoms with Crippen LogP contribution in [0, 0.1) is 5.82 Å². The quantitative estimate of drug-likeness (QED) is 0.0513. The van der Waals surface area contributed by atoms with E-state index in [0.717, 1.165) is 43.9 Å². The van der Waals surface area contributed by atoms with Gasteiger partial charge < -0.3 is 43.3 Å². The van der Waals surface area contributed by atoms with Crippen molar-refractivity contribution in [3.8, 4) is 22.1 Å². The number of anilines is 1. The first-order valence-electron chi connectivity index (χ1n) is 19.4. The summed E-state index contributed by atoms with van der Waals surface area (Å²) in [6, 6.07) is 25.8. The Morgan fingerprint density at radius 2 is 1.52 bits per heavy atom. The van der Waals surface area contributed by atoms with Crippen molar-refractivity contribution in [3.63, 3.8) is 0 Å². The third-order valence-electron chi connectivity index (χ3n) is 8.77. The Hall–Kier alpha value is -4.86. The molecule has 312 valence electrons. The first-order valence-corrected chi connectivity index (χ1v) is 20.2. The molecule has 0 spiro atoms.